The lowest BCUT2D eigenvalue weighted by Gasteiger charge is -2.32. The molecule has 12 nitrogen and oxygen atoms in total. The Morgan fingerprint density at radius 1 is 1.02 bits per heavy atom. The molecule has 0 unspecified atom stereocenters. The van der Waals surface area contributed by atoms with Gasteiger partial charge in [0.25, 0.3) is 5.91 Å². The third-order valence-corrected chi connectivity index (χ3v) is 8.89. The van der Waals surface area contributed by atoms with Crippen LogP contribution in [0, 0.1) is 0 Å². The molecule has 0 spiro atoms. The van der Waals surface area contributed by atoms with E-state index >= 15 is 0 Å². The molecule has 1 amide bonds. The minimum Gasteiger partial charge on any atom is -0.381 e. The van der Waals surface area contributed by atoms with E-state index in [4.69, 9.17) is 24.5 Å². The highest BCUT2D eigenvalue weighted by Crippen LogP contribution is 2.36. The second-order valence-corrected chi connectivity index (χ2v) is 13.6. The summed E-state index contributed by atoms with van der Waals surface area (Å²) in [5.41, 5.74) is 4.51. The molecule has 6 rings (SSSR count). The van der Waals surface area contributed by atoms with Gasteiger partial charge in [-0.1, -0.05) is 19.9 Å². The van der Waals surface area contributed by atoms with Gasteiger partial charge < -0.3 is 19.3 Å². The van der Waals surface area contributed by atoms with Crippen molar-refractivity contribution in [2.75, 3.05) is 62.6 Å². The number of aromatic nitrogens is 4. The van der Waals surface area contributed by atoms with Crippen LogP contribution in [-0.4, -0.2) is 92.9 Å². The second kappa shape index (κ2) is 12.7. The Morgan fingerprint density at radius 3 is 2.40 bits per heavy atom. The van der Waals surface area contributed by atoms with Crippen LogP contribution in [0.4, 0.5) is 11.5 Å². The van der Waals surface area contributed by atoms with Gasteiger partial charge >= 0.3 is 0 Å². The van der Waals surface area contributed by atoms with Crippen molar-refractivity contribution in [3.8, 4) is 16.8 Å². The van der Waals surface area contributed by atoms with Gasteiger partial charge in [0.15, 0.2) is 5.65 Å². The highest BCUT2D eigenvalue weighted by molar-refractivity contribution is 7.89. The lowest BCUT2D eigenvalue weighted by atomic mass is 9.98. The quantitative estimate of drug-likeness (QED) is 0.306. The highest BCUT2D eigenvalue weighted by Gasteiger charge is 2.25. The van der Waals surface area contributed by atoms with Crippen molar-refractivity contribution in [3.63, 3.8) is 0 Å². The van der Waals surface area contributed by atoms with Gasteiger partial charge in [0, 0.05) is 56.8 Å². The number of fused-ring (bicyclic) bond motifs is 1. The van der Waals surface area contributed by atoms with Gasteiger partial charge in [0.05, 0.1) is 36.2 Å². The van der Waals surface area contributed by atoms with Gasteiger partial charge in [-0.15, -0.1) is 0 Å². The van der Waals surface area contributed by atoms with Crippen LogP contribution < -0.4 is 14.5 Å². The van der Waals surface area contributed by atoms with Crippen LogP contribution in [-0.2, 0) is 19.5 Å². The summed E-state index contributed by atoms with van der Waals surface area (Å²) in [5, 5.41) is 5.82. The monoisotopic (exact) mass is 633 g/mol. The topological polar surface area (TPSA) is 132 Å². The fraction of sp³-hybridized carbons (Fsp3) is 0.438. The van der Waals surface area contributed by atoms with Gasteiger partial charge in [-0.05, 0) is 60.7 Å². The van der Waals surface area contributed by atoms with Gasteiger partial charge in [-0.2, -0.15) is 5.10 Å². The molecule has 1 N–H and O–H groups in total. The van der Waals surface area contributed by atoms with Gasteiger partial charge in [-0.3, -0.25) is 4.79 Å². The smallest absolute Gasteiger partial charge is 0.283 e. The zero-order chi connectivity index (χ0) is 31.7. The molecule has 45 heavy (non-hydrogen) atoms. The number of nitrogens with zero attached hydrogens (tertiary/aromatic N) is 6. The number of hydrogen-bond donors (Lipinski definition) is 1. The summed E-state index contributed by atoms with van der Waals surface area (Å²) in [6, 6.07) is 14.0. The third-order valence-electron chi connectivity index (χ3n) is 8.33. The van der Waals surface area contributed by atoms with Crippen LogP contribution in [0.1, 0.15) is 48.8 Å². The van der Waals surface area contributed by atoms with E-state index in [1.807, 2.05) is 31.3 Å². The zero-order valence-corrected chi connectivity index (χ0v) is 26.9. The fourth-order valence-electron chi connectivity index (χ4n) is 5.95. The summed E-state index contributed by atoms with van der Waals surface area (Å²) >= 11 is 0. The number of amides is 1. The molecule has 0 aliphatic carbocycles. The van der Waals surface area contributed by atoms with Crippen molar-refractivity contribution in [1.82, 2.24) is 24.5 Å². The van der Waals surface area contributed by atoms with Crippen LogP contribution in [0.5, 0.6) is 0 Å². The summed E-state index contributed by atoms with van der Waals surface area (Å²) in [6.07, 6.45) is 4.61. The van der Waals surface area contributed by atoms with Crippen LogP contribution >= 0.6 is 0 Å². The van der Waals surface area contributed by atoms with E-state index in [0.717, 1.165) is 79.2 Å². The summed E-state index contributed by atoms with van der Waals surface area (Å²) in [6.45, 7) is 8.48. The minimum atomic E-state index is -3.82. The summed E-state index contributed by atoms with van der Waals surface area (Å²) in [5.74, 6) is 0.0513. The lowest BCUT2D eigenvalue weighted by molar-refractivity contribution is 0.0853. The fourth-order valence-corrected chi connectivity index (χ4v) is 6.39. The minimum absolute atomic E-state index is 0.0271. The molecule has 2 aliphatic heterocycles. The van der Waals surface area contributed by atoms with E-state index in [1.54, 1.807) is 16.9 Å². The number of sulfonamides is 1. The van der Waals surface area contributed by atoms with E-state index in [0.29, 0.717) is 30.5 Å². The number of carbonyl (C=O) groups is 1. The first-order valence-electron chi connectivity index (χ1n) is 15.2. The molecular weight excluding hydrogens is 594 g/mol. The molecule has 3 aromatic heterocycles. The van der Waals surface area contributed by atoms with E-state index in [1.165, 1.54) is 0 Å². The molecule has 5 heterocycles. The first-order chi connectivity index (χ1) is 21.6. The maximum absolute atomic E-state index is 13.2. The number of morpholine rings is 1. The largest absolute Gasteiger partial charge is 0.381 e. The summed E-state index contributed by atoms with van der Waals surface area (Å²) in [7, 11) is -1.78. The first-order valence-corrected chi connectivity index (χ1v) is 17.1. The van der Waals surface area contributed by atoms with Crippen molar-refractivity contribution in [2.24, 2.45) is 0 Å². The summed E-state index contributed by atoms with van der Waals surface area (Å²) < 4.78 is 38.9. The second-order valence-electron chi connectivity index (χ2n) is 11.9. The number of pyridine rings is 2. The van der Waals surface area contributed by atoms with E-state index in [-0.39, 0.29) is 11.6 Å². The van der Waals surface area contributed by atoms with E-state index < -0.39 is 15.9 Å². The van der Waals surface area contributed by atoms with Crippen molar-refractivity contribution in [2.45, 2.75) is 38.6 Å². The van der Waals surface area contributed by atoms with Gasteiger partial charge in [0.2, 0.25) is 10.0 Å². The molecule has 0 radical (unpaired) electrons. The van der Waals surface area contributed by atoms with Crippen molar-refractivity contribution < 1.29 is 22.7 Å². The molecular formula is C32H39N7O5S. The number of anilines is 2. The maximum atomic E-state index is 13.2. The number of carbonyl (C=O) groups excluding carboxylic acids is 1. The van der Waals surface area contributed by atoms with E-state index in [9.17, 15) is 13.2 Å². The van der Waals surface area contributed by atoms with Gasteiger partial charge in [0.1, 0.15) is 11.5 Å². The average Bonchev–Trinajstić information content (AvgIpc) is 3.44. The van der Waals surface area contributed by atoms with Crippen LogP contribution in [0.15, 0.2) is 48.7 Å². The summed E-state index contributed by atoms with van der Waals surface area (Å²) in [4.78, 5) is 27.2. The normalized spacial score (nSPS) is 16.3. The first kappa shape index (κ1) is 30.9. The lowest BCUT2D eigenvalue weighted by Crippen LogP contribution is -2.37. The predicted octanol–water partition coefficient (Wildman–Crippen LogP) is 3.75. The molecule has 0 bridgehead atoms. The van der Waals surface area contributed by atoms with Gasteiger partial charge in [-0.25, -0.2) is 27.8 Å². The van der Waals surface area contributed by atoms with E-state index in [2.05, 4.69) is 40.5 Å². The Hall–Kier alpha value is -4.07. The van der Waals surface area contributed by atoms with Crippen LogP contribution in [0.3, 0.4) is 0 Å². The number of ether oxygens (including phenoxy) is 2. The highest BCUT2D eigenvalue weighted by atomic mass is 32.2. The van der Waals surface area contributed by atoms with Crippen molar-refractivity contribution in [1.29, 1.82) is 0 Å². The molecule has 2 saturated heterocycles. The Morgan fingerprint density at radius 2 is 1.73 bits per heavy atom. The molecule has 4 aromatic rings. The number of benzene rings is 1. The average molecular weight is 634 g/mol. The zero-order valence-electron chi connectivity index (χ0n) is 26.1. The SMILES string of the molecule is CC(C)c1nn(-c2cccc(N3CCOCC3)c2)c2nc(C(=O)NS(C)(=O)=O)cc(-c3ccc(N(C)C4CCOCC4)nc3)c12. The molecule has 238 valence electrons. The Labute approximate surface area is 263 Å². The Bertz CT molecular complexity index is 1790. The van der Waals surface area contributed by atoms with Crippen LogP contribution in [0.2, 0.25) is 0 Å². The van der Waals surface area contributed by atoms with Crippen molar-refractivity contribution >= 4 is 38.5 Å². The predicted molar refractivity (Wildman–Crippen MR) is 174 cm³/mol. The van der Waals surface area contributed by atoms with Crippen molar-refractivity contribution in [3.05, 3.63) is 60.0 Å². The number of rotatable bonds is 8. The standard InChI is InChI=1S/C32H39N7O5S/c1-21(2)30-29-26(22-8-9-28(33-20-22)37(3)23-10-14-43-15-11-23)19-27(32(40)36-45(4,41)42)34-31(29)39(35-30)25-7-5-6-24(18-25)38-12-16-44-17-13-38/h5-9,18-21,23H,10-17H2,1-4H3,(H,36,40). The molecule has 13 heteroatoms. The van der Waals surface area contributed by atoms with Crippen LogP contribution in [0.25, 0.3) is 27.8 Å². The molecule has 2 aliphatic rings. The third kappa shape index (κ3) is 6.65. The maximum Gasteiger partial charge on any atom is 0.283 e. The number of hydrogen-bond acceptors (Lipinski definition) is 10. The molecule has 0 saturated carbocycles. The Kier molecular flexibility index (Phi) is 8.76. The Balaban J connectivity index is 1.50. The number of nitrogens with one attached hydrogen (secondary N) is 1. The molecule has 0 atom stereocenters. The molecule has 2 fully saturated rings. The molecule has 1 aromatic carbocycles.